The Hall–Kier alpha value is -1.69. The van der Waals surface area contributed by atoms with Crippen LogP contribution in [0.2, 0.25) is 0 Å². The maximum absolute atomic E-state index is 4.94. The van der Waals surface area contributed by atoms with Crippen LogP contribution in [0.3, 0.4) is 0 Å². The average molecular weight is 328 g/mol. The number of imidazole rings is 1. The number of likely N-dealkylation sites (tertiary alicyclic amines) is 1. The van der Waals surface area contributed by atoms with Crippen LogP contribution in [0.25, 0.3) is 0 Å². The summed E-state index contributed by atoms with van der Waals surface area (Å²) in [5.41, 5.74) is 2.69. The van der Waals surface area contributed by atoms with E-state index in [2.05, 4.69) is 38.5 Å². The molecule has 4 rings (SSSR count). The van der Waals surface area contributed by atoms with Crippen LogP contribution < -0.4 is 0 Å². The third-order valence-corrected chi connectivity index (χ3v) is 5.23. The first-order valence-electron chi connectivity index (χ1n) is 9.39. The highest BCUT2D eigenvalue weighted by Crippen LogP contribution is 2.33. The van der Waals surface area contributed by atoms with E-state index in [9.17, 15) is 0 Å². The van der Waals surface area contributed by atoms with Gasteiger partial charge in [-0.05, 0) is 51.0 Å². The Labute approximate surface area is 143 Å². The van der Waals surface area contributed by atoms with Crippen LogP contribution in [0.15, 0.2) is 6.33 Å². The fourth-order valence-corrected chi connectivity index (χ4v) is 4.05. The van der Waals surface area contributed by atoms with Crippen molar-refractivity contribution >= 4 is 0 Å². The highest BCUT2D eigenvalue weighted by Gasteiger charge is 2.30. The minimum Gasteiger partial charge on any atom is -0.344 e. The number of hydrogen-bond donors (Lipinski definition) is 1. The standard InChI is InChI=1S/C18H28N6/c1-13(2)10-24-17(19-12-20-24)11-23-9-5-8-16(23)18-21-14-6-3-4-7-15(14)22-18/h12-13,16H,3-11H2,1-2H3,(H,21,22)/t16-/m0/s1. The molecule has 0 saturated carbocycles. The Bertz CT molecular complexity index is 662. The number of aromatic nitrogens is 5. The van der Waals surface area contributed by atoms with E-state index >= 15 is 0 Å². The van der Waals surface area contributed by atoms with Crippen LogP contribution in [0.4, 0.5) is 0 Å². The van der Waals surface area contributed by atoms with Crippen LogP contribution in [-0.4, -0.2) is 36.2 Å². The second-order valence-corrected chi connectivity index (χ2v) is 7.64. The van der Waals surface area contributed by atoms with Gasteiger partial charge < -0.3 is 4.98 Å². The van der Waals surface area contributed by atoms with Gasteiger partial charge in [0.05, 0.1) is 18.3 Å². The van der Waals surface area contributed by atoms with E-state index in [-0.39, 0.29) is 0 Å². The molecule has 6 heteroatoms. The number of aryl methyl sites for hydroxylation is 2. The van der Waals surface area contributed by atoms with E-state index in [1.54, 1.807) is 6.33 Å². The smallest absolute Gasteiger partial charge is 0.141 e. The molecule has 1 N–H and O–H groups in total. The quantitative estimate of drug-likeness (QED) is 0.917. The molecule has 1 saturated heterocycles. The Morgan fingerprint density at radius 3 is 2.96 bits per heavy atom. The largest absolute Gasteiger partial charge is 0.344 e. The molecule has 2 aromatic rings. The van der Waals surface area contributed by atoms with Crippen molar-refractivity contribution in [3.8, 4) is 0 Å². The maximum atomic E-state index is 4.94. The van der Waals surface area contributed by atoms with Crippen LogP contribution in [0.5, 0.6) is 0 Å². The van der Waals surface area contributed by atoms with Crippen molar-refractivity contribution in [2.75, 3.05) is 6.54 Å². The summed E-state index contributed by atoms with van der Waals surface area (Å²) in [6.07, 6.45) is 8.98. The van der Waals surface area contributed by atoms with Crippen LogP contribution in [-0.2, 0) is 25.9 Å². The minimum absolute atomic E-state index is 0.403. The van der Waals surface area contributed by atoms with Crippen molar-refractivity contribution in [1.29, 1.82) is 0 Å². The van der Waals surface area contributed by atoms with Gasteiger partial charge in [0.2, 0.25) is 0 Å². The molecule has 130 valence electrons. The number of nitrogens with zero attached hydrogens (tertiary/aromatic N) is 5. The SMILES string of the molecule is CC(C)Cn1ncnc1CN1CCC[C@H]1c1nc2c([nH]1)CCCC2. The molecule has 1 atom stereocenters. The molecule has 6 nitrogen and oxygen atoms in total. The zero-order valence-electron chi connectivity index (χ0n) is 14.8. The summed E-state index contributed by atoms with van der Waals surface area (Å²) >= 11 is 0. The van der Waals surface area contributed by atoms with Gasteiger partial charge in [-0.15, -0.1) is 0 Å². The van der Waals surface area contributed by atoms with Gasteiger partial charge in [0.15, 0.2) is 0 Å². The second kappa shape index (κ2) is 6.67. The van der Waals surface area contributed by atoms with Crippen molar-refractivity contribution in [3.05, 3.63) is 29.4 Å². The predicted molar refractivity (Wildman–Crippen MR) is 92.5 cm³/mol. The molecule has 0 amide bonds. The van der Waals surface area contributed by atoms with E-state index in [4.69, 9.17) is 4.98 Å². The monoisotopic (exact) mass is 328 g/mol. The Kier molecular flexibility index (Phi) is 4.39. The van der Waals surface area contributed by atoms with Gasteiger partial charge in [-0.3, -0.25) is 4.90 Å². The normalized spacial score (nSPS) is 21.5. The van der Waals surface area contributed by atoms with Gasteiger partial charge >= 0.3 is 0 Å². The number of aromatic amines is 1. The van der Waals surface area contributed by atoms with Crippen LogP contribution in [0.1, 0.15) is 68.6 Å². The van der Waals surface area contributed by atoms with Crippen molar-refractivity contribution in [3.63, 3.8) is 0 Å². The van der Waals surface area contributed by atoms with Crippen molar-refractivity contribution < 1.29 is 0 Å². The van der Waals surface area contributed by atoms with E-state index in [1.807, 2.05) is 0 Å². The van der Waals surface area contributed by atoms with E-state index in [0.29, 0.717) is 12.0 Å². The summed E-state index contributed by atoms with van der Waals surface area (Å²) < 4.78 is 2.06. The first-order chi connectivity index (χ1) is 11.7. The Balaban J connectivity index is 1.51. The molecule has 2 aromatic heterocycles. The summed E-state index contributed by atoms with van der Waals surface area (Å²) in [4.78, 5) is 15.6. The first-order valence-corrected chi connectivity index (χ1v) is 9.39. The lowest BCUT2D eigenvalue weighted by Gasteiger charge is -2.22. The zero-order chi connectivity index (χ0) is 16.5. The van der Waals surface area contributed by atoms with Gasteiger partial charge in [-0.2, -0.15) is 5.10 Å². The van der Waals surface area contributed by atoms with Crippen LogP contribution in [0, 0.1) is 5.92 Å². The third-order valence-electron chi connectivity index (χ3n) is 5.23. The van der Waals surface area contributed by atoms with Crippen molar-refractivity contribution in [2.24, 2.45) is 5.92 Å². The molecule has 24 heavy (non-hydrogen) atoms. The average Bonchev–Trinajstić information content (AvgIpc) is 3.27. The summed E-state index contributed by atoms with van der Waals surface area (Å²) in [6.45, 7) is 7.35. The molecule has 0 unspecified atom stereocenters. The predicted octanol–water partition coefficient (Wildman–Crippen LogP) is 2.87. The molecular formula is C18H28N6. The van der Waals surface area contributed by atoms with Gasteiger partial charge in [-0.25, -0.2) is 14.6 Å². The fraction of sp³-hybridized carbons (Fsp3) is 0.722. The Morgan fingerprint density at radius 2 is 2.12 bits per heavy atom. The number of nitrogens with one attached hydrogen (secondary N) is 1. The molecule has 0 radical (unpaired) electrons. The fourth-order valence-electron chi connectivity index (χ4n) is 4.05. The lowest BCUT2D eigenvalue weighted by molar-refractivity contribution is 0.228. The van der Waals surface area contributed by atoms with E-state index in [1.165, 1.54) is 42.9 Å². The molecule has 0 spiro atoms. The van der Waals surface area contributed by atoms with Gasteiger partial charge in [-0.1, -0.05) is 13.8 Å². The summed E-state index contributed by atoms with van der Waals surface area (Å²) in [5, 5.41) is 4.40. The maximum Gasteiger partial charge on any atom is 0.141 e. The lowest BCUT2D eigenvalue weighted by Crippen LogP contribution is -2.26. The van der Waals surface area contributed by atoms with Crippen molar-refractivity contribution in [2.45, 2.75) is 71.5 Å². The summed E-state index contributed by atoms with van der Waals surface area (Å²) in [5.74, 6) is 2.83. The van der Waals surface area contributed by atoms with Gasteiger partial charge in [0, 0.05) is 12.2 Å². The first kappa shape index (κ1) is 15.8. The molecule has 1 fully saturated rings. The molecule has 2 aliphatic rings. The zero-order valence-corrected chi connectivity index (χ0v) is 14.8. The molecular weight excluding hydrogens is 300 g/mol. The number of hydrogen-bond acceptors (Lipinski definition) is 4. The number of rotatable bonds is 5. The molecule has 0 bridgehead atoms. The molecule has 1 aliphatic carbocycles. The second-order valence-electron chi connectivity index (χ2n) is 7.64. The highest BCUT2D eigenvalue weighted by molar-refractivity contribution is 5.19. The van der Waals surface area contributed by atoms with Gasteiger partial charge in [0.25, 0.3) is 0 Å². The van der Waals surface area contributed by atoms with Crippen molar-refractivity contribution in [1.82, 2.24) is 29.6 Å². The lowest BCUT2D eigenvalue weighted by atomic mass is 10.0. The minimum atomic E-state index is 0.403. The number of fused-ring (bicyclic) bond motifs is 1. The van der Waals surface area contributed by atoms with E-state index in [0.717, 1.165) is 38.3 Å². The topological polar surface area (TPSA) is 62.6 Å². The molecule has 3 heterocycles. The van der Waals surface area contributed by atoms with Crippen LogP contribution >= 0.6 is 0 Å². The number of H-pyrrole nitrogens is 1. The van der Waals surface area contributed by atoms with E-state index < -0.39 is 0 Å². The molecule has 1 aliphatic heterocycles. The highest BCUT2D eigenvalue weighted by atomic mass is 15.4. The Morgan fingerprint density at radius 1 is 1.25 bits per heavy atom. The molecule has 0 aromatic carbocycles. The van der Waals surface area contributed by atoms with Gasteiger partial charge in [0.1, 0.15) is 18.0 Å². The summed E-state index contributed by atoms with van der Waals surface area (Å²) in [6, 6.07) is 0.403. The third kappa shape index (κ3) is 3.11. The summed E-state index contributed by atoms with van der Waals surface area (Å²) in [7, 11) is 0.